The van der Waals surface area contributed by atoms with Gasteiger partial charge in [0.2, 0.25) is 0 Å². The molecule has 0 saturated heterocycles. The number of benzene rings is 2. The Kier molecular flexibility index (Phi) is 4.58. The fraction of sp³-hybridized carbons (Fsp3) is 0. The molecule has 1 aromatic heterocycles. The predicted molar refractivity (Wildman–Crippen MR) is 92.2 cm³/mol. The standard InChI is InChI=1S/C17H13ClN4O2/c18-13-7-5-11(6-8-13)14-9-15(21-20-14)17(24)22-19-10-12-3-1-2-4-16(12)23/h1-10,23H,(H,20,21)(H,22,24)/b19-10+. The van der Waals surface area contributed by atoms with Crippen molar-refractivity contribution >= 4 is 23.7 Å². The third-order valence-corrected chi connectivity index (χ3v) is 3.52. The third kappa shape index (κ3) is 3.61. The number of para-hydroxylation sites is 1. The van der Waals surface area contributed by atoms with E-state index in [1.165, 1.54) is 12.3 Å². The SMILES string of the molecule is O=C(N/N=C/c1ccccc1O)c1cc(-c2ccc(Cl)cc2)n[nH]1. The minimum Gasteiger partial charge on any atom is -0.507 e. The minimum absolute atomic E-state index is 0.0852. The number of hydrazone groups is 1. The zero-order chi connectivity index (χ0) is 16.9. The molecule has 0 saturated carbocycles. The molecule has 3 rings (SSSR count). The van der Waals surface area contributed by atoms with Gasteiger partial charge in [-0.3, -0.25) is 9.89 Å². The highest BCUT2D eigenvalue weighted by atomic mass is 35.5. The Morgan fingerprint density at radius 3 is 2.71 bits per heavy atom. The van der Waals surface area contributed by atoms with Gasteiger partial charge in [0.25, 0.3) is 5.91 Å². The van der Waals surface area contributed by atoms with E-state index in [9.17, 15) is 9.90 Å². The largest absolute Gasteiger partial charge is 0.507 e. The van der Waals surface area contributed by atoms with Crippen molar-refractivity contribution in [1.29, 1.82) is 0 Å². The Labute approximate surface area is 142 Å². The Balaban J connectivity index is 1.68. The molecule has 3 aromatic rings. The molecule has 0 aliphatic rings. The van der Waals surface area contributed by atoms with Gasteiger partial charge in [0.1, 0.15) is 11.4 Å². The minimum atomic E-state index is -0.436. The maximum Gasteiger partial charge on any atom is 0.289 e. The van der Waals surface area contributed by atoms with E-state index in [2.05, 4.69) is 20.7 Å². The summed E-state index contributed by atoms with van der Waals surface area (Å²) < 4.78 is 0. The van der Waals surface area contributed by atoms with E-state index in [1.54, 1.807) is 36.4 Å². The van der Waals surface area contributed by atoms with Crippen molar-refractivity contribution in [2.75, 3.05) is 0 Å². The predicted octanol–water partition coefficient (Wildman–Crippen LogP) is 3.20. The maximum absolute atomic E-state index is 12.0. The van der Waals surface area contributed by atoms with Crippen LogP contribution in [0.15, 0.2) is 59.7 Å². The van der Waals surface area contributed by atoms with Gasteiger partial charge in [0, 0.05) is 16.1 Å². The second-order valence-corrected chi connectivity index (χ2v) is 5.37. The van der Waals surface area contributed by atoms with Crippen LogP contribution in [0.5, 0.6) is 5.75 Å². The van der Waals surface area contributed by atoms with Crippen molar-refractivity contribution in [3.8, 4) is 17.0 Å². The summed E-state index contributed by atoms with van der Waals surface area (Å²) in [6.45, 7) is 0. The molecular formula is C17H13ClN4O2. The van der Waals surface area contributed by atoms with Crippen molar-refractivity contribution in [2.45, 2.75) is 0 Å². The molecule has 1 heterocycles. The quantitative estimate of drug-likeness (QED) is 0.503. The van der Waals surface area contributed by atoms with Crippen LogP contribution >= 0.6 is 11.6 Å². The lowest BCUT2D eigenvalue weighted by Crippen LogP contribution is -2.18. The number of halogens is 1. The average molecular weight is 341 g/mol. The lowest BCUT2D eigenvalue weighted by atomic mass is 10.1. The number of carbonyl (C=O) groups is 1. The number of H-pyrrole nitrogens is 1. The first-order valence-corrected chi connectivity index (χ1v) is 7.44. The van der Waals surface area contributed by atoms with Crippen LogP contribution in [0.2, 0.25) is 5.02 Å². The van der Waals surface area contributed by atoms with E-state index in [0.717, 1.165) is 5.56 Å². The highest BCUT2D eigenvalue weighted by Gasteiger charge is 2.10. The van der Waals surface area contributed by atoms with Crippen molar-refractivity contribution in [1.82, 2.24) is 15.6 Å². The molecule has 0 fully saturated rings. The number of rotatable bonds is 4. The highest BCUT2D eigenvalue weighted by Crippen LogP contribution is 2.20. The van der Waals surface area contributed by atoms with E-state index >= 15 is 0 Å². The molecule has 2 aromatic carbocycles. The molecule has 3 N–H and O–H groups in total. The molecular weight excluding hydrogens is 328 g/mol. The number of amides is 1. The molecule has 0 bridgehead atoms. The van der Waals surface area contributed by atoms with E-state index < -0.39 is 5.91 Å². The van der Waals surface area contributed by atoms with Crippen LogP contribution in [0, 0.1) is 0 Å². The number of aromatic nitrogens is 2. The second-order valence-electron chi connectivity index (χ2n) is 4.93. The Hall–Kier alpha value is -3.12. The molecule has 0 aliphatic heterocycles. The highest BCUT2D eigenvalue weighted by molar-refractivity contribution is 6.30. The van der Waals surface area contributed by atoms with Crippen molar-refractivity contribution in [2.24, 2.45) is 5.10 Å². The number of nitrogens with zero attached hydrogens (tertiary/aromatic N) is 2. The van der Waals surface area contributed by atoms with Gasteiger partial charge in [-0.1, -0.05) is 35.9 Å². The summed E-state index contributed by atoms with van der Waals surface area (Å²) >= 11 is 5.85. The van der Waals surface area contributed by atoms with Gasteiger partial charge >= 0.3 is 0 Å². The summed E-state index contributed by atoms with van der Waals surface area (Å²) in [7, 11) is 0. The van der Waals surface area contributed by atoms with E-state index in [1.807, 2.05) is 12.1 Å². The zero-order valence-electron chi connectivity index (χ0n) is 12.4. The summed E-state index contributed by atoms with van der Waals surface area (Å²) in [5.74, 6) is -0.351. The van der Waals surface area contributed by atoms with Crippen LogP contribution in [0.25, 0.3) is 11.3 Å². The molecule has 6 nitrogen and oxygen atoms in total. The van der Waals surface area contributed by atoms with Crippen LogP contribution in [0.1, 0.15) is 16.1 Å². The van der Waals surface area contributed by atoms with Crippen LogP contribution in [-0.2, 0) is 0 Å². The fourth-order valence-corrected chi connectivity index (χ4v) is 2.15. The van der Waals surface area contributed by atoms with Gasteiger partial charge in [-0.2, -0.15) is 10.2 Å². The van der Waals surface area contributed by atoms with Crippen LogP contribution in [-0.4, -0.2) is 27.4 Å². The first kappa shape index (κ1) is 15.8. The number of aromatic hydroxyl groups is 1. The van der Waals surface area contributed by atoms with Crippen LogP contribution in [0.4, 0.5) is 0 Å². The number of hydrogen-bond donors (Lipinski definition) is 3. The number of hydrogen-bond acceptors (Lipinski definition) is 4. The van der Waals surface area contributed by atoms with Crippen molar-refractivity contribution in [3.05, 3.63) is 70.9 Å². The second kappa shape index (κ2) is 6.97. The Morgan fingerprint density at radius 2 is 1.96 bits per heavy atom. The van der Waals surface area contributed by atoms with E-state index in [0.29, 0.717) is 16.3 Å². The lowest BCUT2D eigenvalue weighted by molar-refractivity contribution is 0.0950. The lowest BCUT2D eigenvalue weighted by Gasteiger charge is -1.98. The maximum atomic E-state index is 12.0. The van der Waals surface area contributed by atoms with Gasteiger partial charge < -0.3 is 5.11 Å². The number of nitrogens with one attached hydrogen (secondary N) is 2. The molecule has 7 heteroatoms. The first-order valence-electron chi connectivity index (χ1n) is 7.06. The van der Waals surface area contributed by atoms with Gasteiger partial charge in [-0.15, -0.1) is 0 Å². The Morgan fingerprint density at radius 1 is 1.21 bits per heavy atom. The zero-order valence-corrected chi connectivity index (χ0v) is 13.2. The molecule has 0 aliphatic carbocycles. The third-order valence-electron chi connectivity index (χ3n) is 3.27. The molecule has 0 radical (unpaired) electrons. The van der Waals surface area contributed by atoms with Gasteiger partial charge in [0.05, 0.1) is 11.9 Å². The summed E-state index contributed by atoms with van der Waals surface area (Å²) in [6, 6.07) is 15.4. The summed E-state index contributed by atoms with van der Waals surface area (Å²) in [4.78, 5) is 12.0. The summed E-state index contributed by atoms with van der Waals surface area (Å²) in [5, 5.41) is 20.8. The first-order chi connectivity index (χ1) is 11.6. The number of phenolic OH excluding ortho intramolecular Hbond substituents is 1. The normalized spacial score (nSPS) is 10.9. The van der Waals surface area contributed by atoms with E-state index in [4.69, 9.17) is 11.6 Å². The van der Waals surface area contributed by atoms with Gasteiger partial charge in [-0.25, -0.2) is 5.43 Å². The van der Waals surface area contributed by atoms with Crippen LogP contribution < -0.4 is 5.43 Å². The monoisotopic (exact) mass is 340 g/mol. The van der Waals surface area contributed by atoms with Gasteiger partial charge in [0.15, 0.2) is 0 Å². The summed E-state index contributed by atoms with van der Waals surface area (Å²) in [6.07, 6.45) is 1.36. The molecule has 0 unspecified atom stereocenters. The Bertz CT molecular complexity index is 888. The van der Waals surface area contributed by atoms with E-state index in [-0.39, 0.29) is 11.4 Å². The number of aromatic amines is 1. The van der Waals surface area contributed by atoms with Gasteiger partial charge in [-0.05, 0) is 30.3 Å². The molecule has 120 valence electrons. The van der Waals surface area contributed by atoms with Crippen LogP contribution in [0.3, 0.4) is 0 Å². The molecule has 24 heavy (non-hydrogen) atoms. The topological polar surface area (TPSA) is 90.4 Å². The molecule has 0 spiro atoms. The number of carbonyl (C=O) groups excluding carboxylic acids is 1. The fourth-order valence-electron chi connectivity index (χ4n) is 2.02. The summed E-state index contributed by atoms with van der Waals surface area (Å²) in [5.41, 5.74) is 4.62. The van der Waals surface area contributed by atoms with Crippen molar-refractivity contribution in [3.63, 3.8) is 0 Å². The smallest absolute Gasteiger partial charge is 0.289 e. The van der Waals surface area contributed by atoms with Crippen molar-refractivity contribution < 1.29 is 9.90 Å². The average Bonchev–Trinajstić information content (AvgIpc) is 3.07. The molecule has 1 amide bonds. The molecule has 0 atom stereocenters. The number of phenols is 1.